The molecule has 1 aliphatic heterocycles. The number of rotatable bonds is 5. The smallest absolute Gasteiger partial charge is 0.309 e. The Labute approximate surface area is 184 Å². The van der Waals surface area contributed by atoms with Gasteiger partial charge in [-0.1, -0.05) is 41.6 Å². The predicted molar refractivity (Wildman–Crippen MR) is 117 cm³/mol. The van der Waals surface area contributed by atoms with Gasteiger partial charge in [-0.2, -0.15) is 0 Å². The van der Waals surface area contributed by atoms with Crippen LogP contribution in [-0.2, 0) is 16.1 Å². The Balaban J connectivity index is 1.16. The molecular formula is C25H22N2O5. The molecule has 0 spiro atoms. The van der Waals surface area contributed by atoms with Crippen molar-refractivity contribution in [2.45, 2.75) is 19.4 Å². The summed E-state index contributed by atoms with van der Waals surface area (Å²) in [6.07, 6.45) is 2.70. The van der Waals surface area contributed by atoms with Gasteiger partial charge < -0.3 is 18.6 Å². The lowest BCUT2D eigenvalue weighted by Gasteiger charge is -2.31. The summed E-state index contributed by atoms with van der Waals surface area (Å²) >= 11 is 0. The maximum atomic E-state index is 13.1. The van der Waals surface area contributed by atoms with Crippen molar-refractivity contribution in [3.63, 3.8) is 0 Å². The molecule has 1 fully saturated rings. The third-order valence-corrected chi connectivity index (χ3v) is 5.82. The zero-order chi connectivity index (χ0) is 21.9. The van der Waals surface area contributed by atoms with Gasteiger partial charge in [0.1, 0.15) is 12.3 Å². The third-order valence-electron chi connectivity index (χ3n) is 5.82. The van der Waals surface area contributed by atoms with E-state index in [9.17, 15) is 9.59 Å². The molecule has 3 heterocycles. The molecular weight excluding hydrogens is 408 g/mol. The Morgan fingerprint density at radius 3 is 2.62 bits per heavy atom. The monoisotopic (exact) mass is 430 g/mol. The average Bonchev–Trinajstić information content (AvgIpc) is 3.54. The number of furan rings is 1. The van der Waals surface area contributed by atoms with Crippen molar-refractivity contribution < 1.29 is 23.3 Å². The van der Waals surface area contributed by atoms with E-state index in [1.54, 1.807) is 24.5 Å². The highest BCUT2D eigenvalue weighted by atomic mass is 16.5. The van der Waals surface area contributed by atoms with Gasteiger partial charge in [-0.05, 0) is 41.8 Å². The van der Waals surface area contributed by atoms with Crippen LogP contribution in [0.25, 0.3) is 22.3 Å². The summed E-state index contributed by atoms with van der Waals surface area (Å²) in [5.74, 6) is 0.550. The number of benzene rings is 2. The van der Waals surface area contributed by atoms with Gasteiger partial charge in [-0.25, -0.2) is 0 Å². The molecule has 0 radical (unpaired) electrons. The van der Waals surface area contributed by atoms with Crippen LogP contribution in [0.2, 0.25) is 0 Å². The molecule has 0 N–H and O–H groups in total. The van der Waals surface area contributed by atoms with Gasteiger partial charge in [0.05, 0.1) is 12.2 Å². The number of aromatic nitrogens is 1. The van der Waals surface area contributed by atoms with E-state index in [1.165, 1.54) is 0 Å². The SMILES string of the molecule is O=C(OCc1cc(-c2ccco2)on1)C1CCN(C(=O)c2cccc3ccccc23)CC1. The number of carbonyl (C=O) groups excluding carboxylic acids is 2. The molecule has 7 nitrogen and oxygen atoms in total. The normalized spacial score (nSPS) is 14.6. The van der Waals surface area contributed by atoms with E-state index in [2.05, 4.69) is 5.16 Å². The summed E-state index contributed by atoms with van der Waals surface area (Å²) in [4.78, 5) is 27.4. The van der Waals surface area contributed by atoms with E-state index in [0.717, 1.165) is 10.8 Å². The van der Waals surface area contributed by atoms with E-state index < -0.39 is 0 Å². The first-order valence-corrected chi connectivity index (χ1v) is 10.6. The number of hydrogen-bond acceptors (Lipinski definition) is 6. The Morgan fingerprint density at radius 1 is 1.00 bits per heavy atom. The number of ether oxygens (including phenoxy) is 1. The summed E-state index contributed by atoms with van der Waals surface area (Å²) < 4.78 is 15.9. The number of likely N-dealkylation sites (tertiary alicyclic amines) is 1. The van der Waals surface area contributed by atoms with Gasteiger partial charge in [0.15, 0.2) is 5.76 Å². The summed E-state index contributed by atoms with van der Waals surface area (Å²) in [6, 6.07) is 18.9. The summed E-state index contributed by atoms with van der Waals surface area (Å²) in [5.41, 5.74) is 1.22. The topological polar surface area (TPSA) is 85.8 Å². The second-order valence-corrected chi connectivity index (χ2v) is 7.86. The molecule has 1 amide bonds. The molecule has 2 aromatic carbocycles. The molecule has 162 valence electrons. The minimum atomic E-state index is -0.273. The number of nitrogens with zero attached hydrogens (tertiary/aromatic N) is 2. The first-order valence-electron chi connectivity index (χ1n) is 10.6. The molecule has 0 aliphatic carbocycles. The van der Waals surface area contributed by atoms with Gasteiger partial charge in [0, 0.05) is 24.7 Å². The maximum Gasteiger partial charge on any atom is 0.309 e. The molecule has 5 rings (SSSR count). The van der Waals surface area contributed by atoms with E-state index in [0.29, 0.717) is 48.7 Å². The fourth-order valence-electron chi connectivity index (χ4n) is 4.08. The van der Waals surface area contributed by atoms with Gasteiger partial charge in [0.2, 0.25) is 5.76 Å². The predicted octanol–water partition coefficient (Wildman–Crippen LogP) is 4.68. The molecule has 1 aliphatic rings. The van der Waals surface area contributed by atoms with Crippen LogP contribution in [0.1, 0.15) is 28.9 Å². The lowest BCUT2D eigenvalue weighted by Crippen LogP contribution is -2.40. The van der Waals surface area contributed by atoms with Crippen molar-refractivity contribution in [2.24, 2.45) is 5.92 Å². The quantitative estimate of drug-likeness (QED) is 0.427. The van der Waals surface area contributed by atoms with Crippen LogP contribution in [-0.4, -0.2) is 35.0 Å². The van der Waals surface area contributed by atoms with Gasteiger partial charge in [-0.3, -0.25) is 9.59 Å². The number of amides is 1. The minimum Gasteiger partial charge on any atom is -0.461 e. The number of hydrogen-bond donors (Lipinski definition) is 0. The van der Waals surface area contributed by atoms with Gasteiger partial charge >= 0.3 is 5.97 Å². The van der Waals surface area contributed by atoms with Crippen molar-refractivity contribution in [2.75, 3.05) is 13.1 Å². The molecule has 0 saturated carbocycles. The highest BCUT2D eigenvalue weighted by Crippen LogP contribution is 2.25. The summed E-state index contributed by atoms with van der Waals surface area (Å²) in [5, 5.41) is 5.91. The Kier molecular flexibility index (Phi) is 5.46. The van der Waals surface area contributed by atoms with Crippen LogP contribution in [0.5, 0.6) is 0 Å². The minimum absolute atomic E-state index is 0.00155. The van der Waals surface area contributed by atoms with E-state index in [4.69, 9.17) is 13.7 Å². The van der Waals surface area contributed by atoms with Crippen LogP contribution in [0.4, 0.5) is 0 Å². The molecule has 0 bridgehead atoms. The average molecular weight is 430 g/mol. The van der Waals surface area contributed by atoms with Crippen LogP contribution in [0, 0.1) is 5.92 Å². The molecule has 2 aromatic heterocycles. The number of esters is 1. The van der Waals surface area contributed by atoms with Crippen molar-refractivity contribution in [3.8, 4) is 11.5 Å². The van der Waals surface area contributed by atoms with E-state index in [-0.39, 0.29) is 24.4 Å². The Morgan fingerprint density at radius 2 is 1.81 bits per heavy atom. The second-order valence-electron chi connectivity index (χ2n) is 7.86. The number of fused-ring (bicyclic) bond motifs is 1. The first-order chi connectivity index (χ1) is 15.7. The molecule has 0 unspecified atom stereocenters. The third kappa shape index (κ3) is 4.01. The molecule has 1 saturated heterocycles. The zero-order valence-electron chi connectivity index (χ0n) is 17.4. The maximum absolute atomic E-state index is 13.1. The highest BCUT2D eigenvalue weighted by Gasteiger charge is 2.29. The van der Waals surface area contributed by atoms with Crippen LogP contribution < -0.4 is 0 Å². The van der Waals surface area contributed by atoms with Crippen molar-refractivity contribution in [3.05, 3.63) is 78.2 Å². The first kappa shape index (κ1) is 20.1. The van der Waals surface area contributed by atoms with Crippen LogP contribution >= 0.6 is 0 Å². The van der Waals surface area contributed by atoms with Crippen LogP contribution in [0.3, 0.4) is 0 Å². The molecule has 7 heteroatoms. The number of carbonyl (C=O) groups is 2. The van der Waals surface area contributed by atoms with Gasteiger partial charge in [-0.15, -0.1) is 0 Å². The van der Waals surface area contributed by atoms with E-state index >= 15 is 0 Å². The second kappa shape index (κ2) is 8.70. The largest absolute Gasteiger partial charge is 0.461 e. The zero-order valence-corrected chi connectivity index (χ0v) is 17.4. The summed E-state index contributed by atoms with van der Waals surface area (Å²) in [6.45, 7) is 1.08. The Bertz CT molecular complexity index is 1230. The molecule has 32 heavy (non-hydrogen) atoms. The lowest BCUT2D eigenvalue weighted by atomic mass is 9.95. The van der Waals surface area contributed by atoms with Crippen LogP contribution in [0.15, 0.2) is 75.9 Å². The summed E-state index contributed by atoms with van der Waals surface area (Å²) in [7, 11) is 0. The Hall–Kier alpha value is -3.87. The standard InChI is InChI=1S/C25H22N2O5/c28-24(21-8-3-6-17-5-1-2-7-20(17)21)27-12-10-18(11-13-27)25(29)31-16-19-15-23(32-26-19)22-9-4-14-30-22/h1-9,14-15,18H,10-13,16H2. The molecule has 4 aromatic rings. The fraction of sp³-hybridized carbons (Fsp3) is 0.240. The van der Waals surface area contributed by atoms with Crippen molar-refractivity contribution in [1.82, 2.24) is 10.1 Å². The van der Waals surface area contributed by atoms with Crippen molar-refractivity contribution in [1.29, 1.82) is 0 Å². The van der Waals surface area contributed by atoms with Crippen molar-refractivity contribution >= 4 is 22.6 Å². The number of piperidine rings is 1. The fourth-order valence-corrected chi connectivity index (χ4v) is 4.08. The lowest BCUT2D eigenvalue weighted by molar-refractivity contribution is -0.151. The van der Waals surface area contributed by atoms with Gasteiger partial charge in [0.25, 0.3) is 5.91 Å². The molecule has 0 atom stereocenters. The highest BCUT2D eigenvalue weighted by molar-refractivity contribution is 6.07. The van der Waals surface area contributed by atoms with E-state index in [1.807, 2.05) is 47.4 Å².